The van der Waals surface area contributed by atoms with Gasteiger partial charge >= 0.3 is 0 Å². The Labute approximate surface area is 173 Å². The van der Waals surface area contributed by atoms with E-state index in [1.54, 1.807) is 0 Å². The average molecular weight is 474 g/mol. The molecule has 2 N–H and O–H groups in total. The lowest BCUT2D eigenvalue weighted by molar-refractivity contribution is 0.174. The van der Waals surface area contributed by atoms with Crippen molar-refractivity contribution < 1.29 is 9.47 Å². The van der Waals surface area contributed by atoms with E-state index >= 15 is 0 Å². The Morgan fingerprint density at radius 3 is 2.65 bits per heavy atom. The summed E-state index contributed by atoms with van der Waals surface area (Å²) in [6.07, 6.45) is 6.37. The summed E-state index contributed by atoms with van der Waals surface area (Å²) in [5, 5.41) is 6.78. The molecular weight excluding hydrogens is 443 g/mol. The Bertz CT molecular complexity index is 591. The molecule has 0 unspecified atom stereocenters. The normalized spacial score (nSPS) is 16.7. The number of hydrogen-bond acceptors (Lipinski definition) is 4. The molecule has 1 heterocycles. The summed E-state index contributed by atoms with van der Waals surface area (Å²) in [6, 6.07) is 6.88. The SMILES string of the molecule is CN=C(NCCc1ccc2c(c1)OCO2)NCCN(C)C1CCCC1.I. The third-order valence-corrected chi connectivity index (χ3v) is 5.07. The Morgan fingerprint density at radius 1 is 1.15 bits per heavy atom. The molecule has 3 rings (SSSR count). The highest BCUT2D eigenvalue weighted by Gasteiger charge is 2.18. The van der Waals surface area contributed by atoms with Crippen molar-refractivity contribution in [1.29, 1.82) is 0 Å². The Hall–Kier alpha value is -1.22. The van der Waals surface area contributed by atoms with Crippen LogP contribution in [0.1, 0.15) is 31.2 Å². The van der Waals surface area contributed by atoms with E-state index < -0.39 is 0 Å². The molecule has 0 atom stereocenters. The van der Waals surface area contributed by atoms with Crippen LogP contribution < -0.4 is 20.1 Å². The fourth-order valence-corrected chi connectivity index (χ4v) is 3.52. The third kappa shape index (κ3) is 5.90. The smallest absolute Gasteiger partial charge is 0.231 e. The van der Waals surface area contributed by atoms with Crippen LogP contribution in [-0.4, -0.2) is 57.4 Å². The van der Waals surface area contributed by atoms with Gasteiger partial charge in [0.05, 0.1) is 0 Å². The van der Waals surface area contributed by atoms with Gasteiger partial charge in [-0.2, -0.15) is 0 Å². The Kier molecular flexibility index (Phi) is 8.77. The largest absolute Gasteiger partial charge is 0.454 e. The predicted molar refractivity (Wildman–Crippen MR) is 116 cm³/mol. The summed E-state index contributed by atoms with van der Waals surface area (Å²) in [7, 11) is 4.05. The number of halogens is 1. The van der Waals surface area contributed by atoms with Gasteiger partial charge in [0.15, 0.2) is 17.5 Å². The van der Waals surface area contributed by atoms with Crippen molar-refractivity contribution in [2.24, 2.45) is 4.99 Å². The van der Waals surface area contributed by atoms with E-state index in [1.165, 1.54) is 31.2 Å². The zero-order valence-electron chi connectivity index (χ0n) is 15.8. The molecule has 1 aromatic carbocycles. The van der Waals surface area contributed by atoms with Gasteiger partial charge < -0.3 is 25.0 Å². The lowest BCUT2D eigenvalue weighted by Gasteiger charge is -2.24. The van der Waals surface area contributed by atoms with Gasteiger partial charge in [0, 0.05) is 32.7 Å². The molecule has 7 heteroatoms. The van der Waals surface area contributed by atoms with E-state index in [1.807, 2.05) is 13.1 Å². The lowest BCUT2D eigenvalue weighted by Crippen LogP contribution is -2.43. The Balaban J connectivity index is 0.00000243. The van der Waals surface area contributed by atoms with E-state index in [0.29, 0.717) is 6.79 Å². The Morgan fingerprint density at radius 2 is 1.88 bits per heavy atom. The molecule has 1 saturated carbocycles. The van der Waals surface area contributed by atoms with Crippen LogP contribution in [0.25, 0.3) is 0 Å². The van der Waals surface area contributed by atoms with Gasteiger partial charge in [-0.25, -0.2) is 0 Å². The van der Waals surface area contributed by atoms with E-state index in [-0.39, 0.29) is 24.0 Å². The molecule has 1 aliphatic carbocycles. The molecule has 0 bridgehead atoms. The summed E-state index contributed by atoms with van der Waals surface area (Å²) in [5.74, 6) is 2.54. The second-order valence-corrected chi connectivity index (χ2v) is 6.78. The monoisotopic (exact) mass is 474 g/mol. The average Bonchev–Trinajstić information content (AvgIpc) is 3.31. The molecule has 0 amide bonds. The molecule has 0 saturated heterocycles. The molecule has 1 fully saturated rings. The number of nitrogens with zero attached hydrogens (tertiary/aromatic N) is 2. The number of rotatable bonds is 7. The summed E-state index contributed by atoms with van der Waals surface area (Å²) in [5.41, 5.74) is 1.23. The minimum absolute atomic E-state index is 0. The van der Waals surface area contributed by atoms with Crippen molar-refractivity contribution in [2.45, 2.75) is 38.1 Å². The second-order valence-electron chi connectivity index (χ2n) is 6.78. The molecular formula is C19H31IN4O2. The van der Waals surface area contributed by atoms with Crippen LogP contribution >= 0.6 is 24.0 Å². The first kappa shape index (κ1) is 21.1. The van der Waals surface area contributed by atoms with Crippen molar-refractivity contribution in [3.63, 3.8) is 0 Å². The topological polar surface area (TPSA) is 58.1 Å². The van der Waals surface area contributed by atoms with E-state index in [0.717, 1.165) is 49.6 Å². The summed E-state index contributed by atoms with van der Waals surface area (Å²) in [6.45, 7) is 3.12. The standard InChI is InChI=1S/C19H30N4O2.HI/c1-20-19(22-11-12-23(2)16-5-3-4-6-16)21-10-9-15-7-8-17-18(13-15)25-14-24-17;/h7-8,13,16H,3-6,9-12,14H2,1-2H3,(H2,20,21,22);1H. The first-order chi connectivity index (χ1) is 12.3. The van der Waals surface area contributed by atoms with Gasteiger partial charge in [0.1, 0.15) is 0 Å². The zero-order valence-corrected chi connectivity index (χ0v) is 18.1. The highest BCUT2D eigenvalue weighted by atomic mass is 127. The van der Waals surface area contributed by atoms with Crippen molar-refractivity contribution in [3.05, 3.63) is 23.8 Å². The summed E-state index contributed by atoms with van der Waals surface area (Å²) < 4.78 is 10.8. The third-order valence-electron chi connectivity index (χ3n) is 5.07. The fourth-order valence-electron chi connectivity index (χ4n) is 3.52. The quantitative estimate of drug-likeness (QED) is 0.362. The van der Waals surface area contributed by atoms with Crippen LogP contribution in [0, 0.1) is 0 Å². The van der Waals surface area contributed by atoms with E-state index in [2.05, 4.69) is 39.7 Å². The fraction of sp³-hybridized carbons (Fsp3) is 0.632. The number of guanidine groups is 1. The first-order valence-corrected chi connectivity index (χ1v) is 9.29. The van der Waals surface area contributed by atoms with Crippen LogP contribution in [-0.2, 0) is 6.42 Å². The highest BCUT2D eigenvalue weighted by Crippen LogP contribution is 2.32. The molecule has 2 aliphatic rings. The van der Waals surface area contributed by atoms with Gasteiger partial charge in [-0.05, 0) is 44.0 Å². The maximum absolute atomic E-state index is 5.42. The van der Waals surface area contributed by atoms with Crippen LogP contribution in [0.3, 0.4) is 0 Å². The van der Waals surface area contributed by atoms with Crippen LogP contribution in [0.4, 0.5) is 0 Å². The highest BCUT2D eigenvalue weighted by molar-refractivity contribution is 14.0. The predicted octanol–water partition coefficient (Wildman–Crippen LogP) is 2.62. The molecule has 146 valence electrons. The van der Waals surface area contributed by atoms with E-state index in [9.17, 15) is 0 Å². The van der Waals surface area contributed by atoms with Crippen molar-refractivity contribution >= 4 is 29.9 Å². The number of nitrogens with one attached hydrogen (secondary N) is 2. The number of likely N-dealkylation sites (N-methyl/N-ethyl adjacent to an activating group) is 1. The zero-order chi connectivity index (χ0) is 17.5. The van der Waals surface area contributed by atoms with Crippen LogP contribution in [0.15, 0.2) is 23.2 Å². The number of aliphatic imine (C=N–C) groups is 1. The molecule has 0 aromatic heterocycles. The molecule has 0 radical (unpaired) electrons. The summed E-state index contributed by atoms with van der Waals surface area (Å²) in [4.78, 5) is 6.77. The number of fused-ring (bicyclic) bond motifs is 1. The molecule has 1 aromatic rings. The number of ether oxygens (including phenoxy) is 2. The summed E-state index contributed by atoms with van der Waals surface area (Å²) >= 11 is 0. The maximum atomic E-state index is 5.42. The van der Waals surface area contributed by atoms with E-state index in [4.69, 9.17) is 9.47 Å². The molecule has 26 heavy (non-hydrogen) atoms. The second kappa shape index (κ2) is 10.8. The molecule has 1 aliphatic heterocycles. The van der Waals surface area contributed by atoms with Gasteiger partial charge in [-0.15, -0.1) is 24.0 Å². The van der Waals surface area contributed by atoms with Gasteiger partial charge in [0.25, 0.3) is 0 Å². The van der Waals surface area contributed by atoms with Crippen molar-refractivity contribution in [3.8, 4) is 11.5 Å². The lowest BCUT2D eigenvalue weighted by atomic mass is 10.1. The van der Waals surface area contributed by atoms with Crippen molar-refractivity contribution in [1.82, 2.24) is 15.5 Å². The minimum Gasteiger partial charge on any atom is -0.454 e. The molecule has 6 nitrogen and oxygen atoms in total. The van der Waals surface area contributed by atoms with Crippen LogP contribution in [0.5, 0.6) is 11.5 Å². The van der Waals surface area contributed by atoms with Gasteiger partial charge in [-0.3, -0.25) is 4.99 Å². The maximum Gasteiger partial charge on any atom is 0.231 e. The number of hydrogen-bond donors (Lipinski definition) is 2. The van der Waals surface area contributed by atoms with Crippen LogP contribution in [0.2, 0.25) is 0 Å². The number of benzene rings is 1. The van der Waals surface area contributed by atoms with Gasteiger partial charge in [0.2, 0.25) is 6.79 Å². The van der Waals surface area contributed by atoms with Gasteiger partial charge in [-0.1, -0.05) is 18.9 Å². The minimum atomic E-state index is 0. The molecule has 0 spiro atoms. The van der Waals surface area contributed by atoms with Crippen molar-refractivity contribution in [2.75, 3.05) is 40.5 Å². The first-order valence-electron chi connectivity index (χ1n) is 9.29.